The number of hydrogen-bond donors (Lipinski definition) is 0. The second-order valence-corrected chi connectivity index (χ2v) is 8.80. The van der Waals surface area contributed by atoms with E-state index in [0.29, 0.717) is 23.0 Å². The van der Waals surface area contributed by atoms with Gasteiger partial charge in [0, 0.05) is 17.0 Å². The van der Waals surface area contributed by atoms with Crippen molar-refractivity contribution in [1.29, 1.82) is 0 Å². The molecule has 0 spiro atoms. The fourth-order valence-corrected chi connectivity index (χ4v) is 5.88. The van der Waals surface area contributed by atoms with E-state index in [2.05, 4.69) is 0 Å². The Balaban J connectivity index is 1.65. The smallest absolute Gasteiger partial charge is 0.263 e. The van der Waals surface area contributed by atoms with Gasteiger partial charge in [-0.25, -0.2) is 4.98 Å². The lowest BCUT2D eigenvalue weighted by atomic mass is 9.97. The molecule has 4 rings (SSSR count). The number of nitrogens with zero attached hydrogens (tertiary/aromatic N) is 2. The maximum Gasteiger partial charge on any atom is 0.263 e. The lowest BCUT2D eigenvalue weighted by Gasteiger charge is -2.12. The number of thioether (sulfide) groups is 1. The summed E-state index contributed by atoms with van der Waals surface area (Å²) in [6.07, 6.45) is 4.32. The number of carbonyl (C=O) groups excluding carboxylic acids is 1. The van der Waals surface area contributed by atoms with Crippen molar-refractivity contribution in [2.45, 2.75) is 44.3 Å². The van der Waals surface area contributed by atoms with Crippen LogP contribution in [0.15, 0.2) is 34.2 Å². The Morgan fingerprint density at radius 1 is 1.32 bits per heavy atom. The highest BCUT2D eigenvalue weighted by Crippen LogP contribution is 2.34. The summed E-state index contributed by atoms with van der Waals surface area (Å²) >= 11 is 2.97. The summed E-state index contributed by atoms with van der Waals surface area (Å²) in [4.78, 5) is 32.6. The summed E-state index contributed by atoms with van der Waals surface area (Å²) in [6.45, 7) is 2.49. The molecule has 2 aromatic heterocycles. The molecule has 0 aliphatic heterocycles. The number of Topliss-reactive ketones (excluding diaryl/α,β-unsaturated/α-hetero) is 1. The van der Waals surface area contributed by atoms with Crippen LogP contribution < -0.4 is 10.3 Å². The van der Waals surface area contributed by atoms with Crippen molar-refractivity contribution in [2.24, 2.45) is 0 Å². The van der Waals surface area contributed by atoms with Gasteiger partial charge in [-0.05, 0) is 50.3 Å². The molecule has 1 aliphatic rings. The minimum absolute atomic E-state index is 0.00799. The quantitative estimate of drug-likeness (QED) is 0.341. The summed E-state index contributed by atoms with van der Waals surface area (Å²) in [7, 11) is 1.58. The number of fused-ring (bicyclic) bond motifs is 3. The van der Waals surface area contributed by atoms with Gasteiger partial charge in [0.25, 0.3) is 5.56 Å². The number of ketones is 1. The van der Waals surface area contributed by atoms with Crippen LogP contribution in [0.4, 0.5) is 0 Å². The molecule has 0 fully saturated rings. The highest BCUT2D eigenvalue weighted by atomic mass is 32.2. The van der Waals surface area contributed by atoms with Gasteiger partial charge in [-0.2, -0.15) is 0 Å². The van der Waals surface area contributed by atoms with E-state index in [1.54, 1.807) is 41.2 Å². The van der Waals surface area contributed by atoms with Crippen LogP contribution >= 0.6 is 23.1 Å². The standard InChI is InChI=1S/C21H22N2O3S2/c1-3-23-20(25)18-15-9-4-5-10-17(15)28-19(18)22-21(23)27-12-16(24)13-7-6-8-14(11-13)26-2/h6-8,11H,3-5,9-10,12H2,1-2H3. The first kappa shape index (κ1) is 19.2. The van der Waals surface area contributed by atoms with Gasteiger partial charge in [-0.3, -0.25) is 14.2 Å². The lowest BCUT2D eigenvalue weighted by Crippen LogP contribution is -2.23. The molecule has 0 amide bonds. The molecular formula is C21H22N2O3S2. The number of methoxy groups -OCH3 is 1. The molecule has 2 heterocycles. The highest BCUT2D eigenvalue weighted by molar-refractivity contribution is 7.99. The fourth-order valence-electron chi connectivity index (χ4n) is 3.62. The van der Waals surface area contributed by atoms with E-state index in [-0.39, 0.29) is 17.1 Å². The zero-order valence-corrected chi connectivity index (χ0v) is 17.6. The minimum Gasteiger partial charge on any atom is -0.497 e. The van der Waals surface area contributed by atoms with E-state index in [1.807, 2.05) is 13.0 Å². The van der Waals surface area contributed by atoms with Crippen LogP contribution in [0.5, 0.6) is 5.75 Å². The topological polar surface area (TPSA) is 61.2 Å². The van der Waals surface area contributed by atoms with Gasteiger partial charge in [0.15, 0.2) is 10.9 Å². The molecule has 3 aromatic rings. The fraction of sp³-hybridized carbons (Fsp3) is 0.381. The monoisotopic (exact) mass is 414 g/mol. The van der Waals surface area contributed by atoms with Crippen LogP contribution in [0.3, 0.4) is 0 Å². The molecule has 146 valence electrons. The average molecular weight is 415 g/mol. The van der Waals surface area contributed by atoms with E-state index in [4.69, 9.17) is 9.72 Å². The van der Waals surface area contributed by atoms with Crippen molar-refractivity contribution >= 4 is 39.1 Å². The Morgan fingerprint density at radius 2 is 2.14 bits per heavy atom. The van der Waals surface area contributed by atoms with Crippen molar-refractivity contribution in [1.82, 2.24) is 9.55 Å². The van der Waals surface area contributed by atoms with Gasteiger partial charge in [-0.15, -0.1) is 11.3 Å². The van der Waals surface area contributed by atoms with Crippen molar-refractivity contribution in [3.05, 3.63) is 50.6 Å². The summed E-state index contributed by atoms with van der Waals surface area (Å²) in [5.74, 6) is 0.882. The van der Waals surface area contributed by atoms with E-state index in [0.717, 1.165) is 29.5 Å². The molecule has 0 atom stereocenters. The summed E-state index contributed by atoms with van der Waals surface area (Å²) < 4.78 is 6.89. The molecule has 5 nitrogen and oxygen atoms in total. The Kier molecular flexibility index (Phi) is 5.55. The van der Waals surface area contributed by atoms with Gasteiger partial charge in [-0.1, -0.05) is 23.9 Å². The molecule has 28 heavy (non-hydrogen) atoms. The minimum atomic E-state index is -0.00799. The first-order valence-corrected chi connectivity index (χ1v) is 11.3. The van der Waals surface area contributed by atoms with Crippen molar-refractivity contribution in [3.63, 3.8) is 0 Å². The maximum absolute atomic E-state index is 13.1. The summed E-state index contributed by atoms with van der Waals surface area (Å²) in [5, 5.41) is 1.42. The largest absolute Gasteiger partial charge is 0.497 e. The Morgan fingerprint density at radius 3 is 2.93 bits per heavy atom. The van der Waals surface area contributed by atoms with Crippen LogP contribution in [-0.2, 0) is 19.4 Å². The molecule has 0 N–H and O–H groups in total. The van der Waals surface area contributed by atoms with Crippen LogP contribution in [0.1, 0.15) is 40.6 Å². The number of rotatable bonds is 6. The molecule has 0 unspecified atom stereocenters. The predicted molar refractivity (Wildman–Crippen MR) is 114 cm³/mol. The zero-order valence-electron chi connectivity index (χ0n) is 16.0. The molecular weight excluding hydrogens is 392 g/mol. The Hall–Kier alpha value is -2.12. The molecule has 1 aromatic carbocycles. The van der Waals surface area contributed by atoms with Crippen molar-refractivity contribution in [2.75, 3.05) is 12.9 Å². The second kappa shape index (κ2) is 8.09. The third-order valence-corrected chi connectivity index (χ3v) is 7.24. The van der Waals surface area contributed by atoms with E-state index in [9.17, 15) is 9.59 Å². The maximum atomic E-state index is 13.1. The van der Waals surface area contributed by atoms with E-state index < -0.39 is 0 Å². The third-order valence-electron chi connectivity index (χ3n) is 5.08. The van der Waals surface area contributed by atoms with Gasteiger partial charge < -0.3 is 4.74 Å². The van der Waals surface area contributed by atoms with Gasteiger partial charge in [0.1, 0.15) is 10.6 Å². The molecule has 7 heteroatoms. The Bertz CT molecular complexity index is 1100. The van der Waals surface area contributed by atoms with Crippen molar-refractivity contribution in [3.8, 4) is 5.75 Å². The molecule has 0 saturated carbocycles. The van der Waals surface area contributed by atoms with Crippen LogP contribution in [0, 0.1) is 0 Å². The van der Waals surface area contributed by atoms with Crippen LogP contribution in [-0.4, -0.2) is 28.2 Å². The third kappa shape index (κ3) is 3.49. The SMILES string of the molecule is CCn1c(SCC(=O)c2cccc(OC)c2)nc2sc3c(c2c1=O)CCCC3. The number of hydrogen-bond acceptors (Lipinski definition) is 6. The van der Waals surface area contributed by atoms with Gasteiger partial charge in [0.2, 0.25) is 0 Å². The van der Waals surface area contributed by atoms with Crippen molar-refractivity contribution < 1.29 is 9.53 Å². The first-order valence-electron chi connectivity index (χ1n) is 9.47. The van der Waals surface area contributed by atoms with Gasteiger partial charge >= 0.3 is 0 Å². The number of benzene rings is 1. The number of aryl methyl sites for hydroxylation is 2. The molecule has 0 bridgehead atoms. The number of ether oxygens (including phenoxy) is 1. The average Bonchev–Trinajstić information content (AvgIpc) is 3.10. The molecule has 0 saturated heterocycles. The predicted octanol–water partition coefficient (Wildman–Crippen LogP) is 4.34. The van der Waals surface area contributed by atoms with E-state index in [1.165, 1.54) is 28.6 Å². The summed E-state index contributed by atoms with van der Waals surface area (Å²) in [5.41, 5.74) is 1.84. The highest BCUT2D eigenvalue weighted by Gasteiger charge is 2.22. The molecule has 0 radical (unpaired) electrons. The number of carbonyl (C=O) groups is 1. The normalized spacial score (nSPS) is 13.5. The number of aromatic nitrogens is 2. The van der Waals surface area contributed by atoms with E-state index >= 15 is 0 Å². The lowest BCUT2D eigenvalue weighted by molar-refractivity contribution is 0.102. The zero-order chi connectivity index (χ0) is 19.7. The molecule has 1 aliphatic carbocycles. The van der Waals surface area contributed by atoms with Crippen LogP contribution in [0.25, 0.3) is 10.2 Å². The second-order valence-electron chi connectivity index (χ2n) is 6.78. The first-order chi connectivity index (χ1) is 13.6. The summed E-state index contributed by atoms with van der Waals surface area (Å²) in [6, 6.07) is 7.13. The Labute approximate surface area is 171 Å². The van der Waals surface area contributed by atoms with Crippen LogP contribution in [0.2, 0.25) is 0 Å². The van der Waals surface area contributed by atoms with Gasteiger partial charge in [0.05, 0.1) is 18.2 Å². The number of thiophene rings is 1.